The van der Waals surface area contributed by atoms with Crippen molar-refractivity contribution >= 4 is 28.3 Å². The van der Waals surface area contributed by atoms with E-state index in [2.05, 4.69) is 65.9 Å². The van der Waals surface area contributed by atoms with Gasteiger partial charge in [-0.25, -0.2) is 0 Å². The van der Waals surface area contributed by atoms with Crippen LogP contribution in [0.3, 0.4) is 0 Å². The van der Waals surface area contributed by atoms with Gasteiger partial charge >= 0.3 is 0 Å². The lowest BCUT2D eigenvalue weighted by atomic mass is 9.79. The topological polar surface area (TPSA) is 29.3 Å². The number of benzene rings is 1. The average Bonchev–Trinajstić information content (AvgIpc) is 2.32. The summed E-state index contributed by atoms with van der Waals surface area (Å²) >= 11 is 3.65. The Hall–Kier alpha value is -0.0900. The van der Waals surface area contributed by atoms with Gasteiger partial charge in [0.05, 0.1) is 0 Å². The van der Waals surface area contributed by atoms with Crippen LogP contribution in [0.2, 0.25) is 0 Å². The van der Waals surface area contributed by atoms with E-state index < -0.39 is 0 Å². The molecule has 0 amide bonds. The van der Waals surface area contributed by atoms with Crippen LogP contribution in [0.5, 0.6) is 0 Å². The molecule has 1 fully saturated rings. The Kier molecular flexibility index (Phi) is 5.87. The van der Waals surface area contributed by atoms with Crippen molar-refractivity contribution in [3.63, 3.8) is 0 Å². The minimum Gasteiger partial charge on any atom is -0.327 e. The van der Waals surface area contributed by atoms with Crippen LogP contribution in [0.1, 0.15) is 38.8 Å². The van der Waals surface area contributed by atoms with Crippen molar-refractivity contribution < 1.29 is 0 Å². The summed E-state index contributed by atoms with van der Waals surface area (Å²) in [6.07, 6.45) is 1.09. The number of rotatable bonds is 2. The van der Waals surface area contributed by atoms with Crippen molar-refractivity contribution in [1.29, 1.82) is 0 Å². The van der Waals surface area contributed by atoms with Gasteiger partial charge in [0.1, 0.15) is 0 Å². The molecular weight excluding hydrogens is 324 g/mol. The fourth-order valence-corrected chi connectivity index (χ4v) is 3.37. The molecule has 1 heterocycles. The highest BCUT2D eigenvalue weighted by Crippen LogP contribution is 2.34. The van der Waals surface area contributed by atoms with Gasteiger partial charge in [-0.15, -0.1) is 12.4 Å². The summed E-state index contributed by atoms with van der Waals surface area (Å²) in [6, 6.07) is 9.25. The maximum atomic E-state index is 6.21. The highest BCUT2D eigenvalue weighted by Gasteiger charge is 2.35. The normalized spacial score (nSPS) is 24.6. The lowest BCUT2D eigenvalue weighted by Crippen LogP contribution is -2.52. The van der Waals surface area contributed by atoms with Crippen molar-refractivity contribution in [2.75, 3.05) is 13.1 Å². The molecule has 2 nitrogen and oxygen atoms in total. The lowest BCUT2D eigenvalue weighted by Gasteiger charge is -2.45. The quantitative estimate of drug-likeness (QED) is 0.876. The second-order valence-corrected chi connectivity index (χ2v) is 6.91. The van der Waals surface area contributed by atoms with Crippen molar-refractivity contribution in [1.82, 2.24) is 4.90 Å². The molecule has 108 valence electrons. The van der Waals surface area contributed by atoms with Gasteiger partial charge in [0.15, 0.2) is 0 Å². The maximum Gasteiger partial charge on any atom is 0.0331 e. The molecular formula is C15H24BrClN2. The highest BCUT2D eigenvalue weighted by atomic mass is 79.9. The average molecular weight is 348 g/mol. The summed E-state index contributed by atoms with van der Waals surface area (Å²) in [5.74, 6) is 0. The van der Waals surface area contributed by atoms with Crippen LogP contribution < -0.4 is 5.73 Å². The van der Waals surface area contributed by atoms with E-state index in [0.29, 0.717) is 12.1 Å². The molecule has 1 aliphatic heterocycles. The molecule has 0 bridgehead atoms. The Morgan fingerprint density at radius 2 is 2.00 bits per heavy atom. The van der Waals surface area contributed by atoms with Gasteiger partial charge < -0.3 is 5.73 Å². The fourth-order valence-electron chi connectivity index (χ4n) is 2.76. The molecule has 0 spiro atoms. The van der Waals surface area contributed by atoms with E-state index in [4.69, 9.17) is 5.73 Å². The molecule has 0 saturated carbocycles. The summed E-state index contributed by atoms with van der Waals surface area (Å²) in [7, 11) is 0. The summed E-state index contributed by atoms with van der Waals surface area (Å²) in [5, 5.41) is 0. The molecule has 2 unspecified atom stereocenters. The number of hydrogen-bond acceptors (Lipinski definition) is 2. The zero-order chi connectivity index (χ0) is 13.3. The first kappa shape index (κ1) is 17.0. The zero-order valence-electron chi connectivity index (χ0n) is 11.9. The molecule has 19 heavy (non-hydrogen) atoms. The molecule has 1 aliphatic rings. The van der Waals surface area contributed by atoms with Crippen LogP contribution >= 0.6 is 28.3 Å². The minimum absolute atomic E-state index is 0. The second kappa shape index (κ2) is 6.57. The molecule has 4 heteroatoms. The van der Waals surface area contributed by atoms with Gasteiger partial charge in [-0.2, -0.15) is 0 Å². The number of hydrogen-bond donors (Lipinski definition) is 1. The number of nitrogens with zero attached hydrogens (tertiary/aromatic N) is 1. The van der Waals surface area contributed by atoms with Gasteiger partial charge in [0, 0.05) is 29.6 Å². The highest BCUT2D eigenvalue weighted by molar-refractivity contribution is 9.10. The molecule has 0 aromatic heterocycles. The molecule has 2 atom stereocenters. The first-order chi connectivity index (χ1) is 8.42. The fraction of sp³-hybridized carbons (Fsp3) is 0.600. The molecule has 1 aromatic carbocycles. The largest absolute Gasteiger partial charge is 0.327 e. The van der Waals surface area contributed by atoms with Crippen molar-refractivity contribution in [3.8, 4) is 0 Å². The van der Waals surface area contributed by atoms with E-state index in [9.17, 15) is 0 Å². The third kappa shape index (κ3) is 3.72. The predicted octanol–water partition coefficient (Wildman–Crippen LogP) is 3.99. The van der Waals surface area contributed by atoms with E-state index in [1.54, 1.807) is 0 Å². The molecule has 0 aliphatic carbocycles. The van der Waals surface area contributed by atoms with E-state index in [0.717, 1.165) is 19.5 Å². The molecule has 2 rings (SSSR count). The van der Waals surface area contributed by atoms with E-state index in [1.165, 1.54) is 10.0 Å². The Morgan fingerprint density at radius 1 is 1.37 bits per heavy atom. The van der Waals surface area contributed by atoms with Gasteiger partial charge in [0.25, 0.3) is 0 Å². The van der Waals surface area contributed by atoms with E-state index >= 15 is 0 Å². The first-order valence-corrected chi connectivity index (χ1v) is 7.45. The predicted molar refractivity (Wildman–Crippen MR) is 87.8 cm³/mol. The minimum atomic E-state index is 0. The number of likely N-dealkylation sites (tertiary alicyclic amines) is 1. The third-order valence-corrected chi connectivity index (χ3v) is 4.97. The smallest absolute Gasteiger partial charge is 0.0331 e. The van der Waals surface area contributed by atoms with Crippen LogP contribution in [0.25, 0.3) is 0 Å². The molecule has 2 N–H and O–H groups in total. The van der Waals surface area contributed by atoms with E-state index in [-0.39, 0.29) is 17.8 Å². The van der Waals surface area contributed by atoms with Crippen LogP contribution in [-0.4, -0.2) is 24.0 Å². The first-order valence-electron chi connectivity index (χ1n) is 6.66. The van der Waals surface area contributed by atoms with Gasteiger partial charge in [0.2, 0.25) is 0 Å². The van der Waals surface area contributed by atoms with Crippen molar-refractivity contribution in [2.45, 2.75) is 39.3 Å². The molecule has 1 aromatic rings. The van der Waals surface area contributed by atoms with Crippen molar-refractivity contribution in [2.24, 2.45) is 11.1 Å². The second-order valence-electron chi connectivity index (χ2n) is 6.05. The summed E-state index contributed by atoms with van der Waals surface area (Å²) < 4.78 is 1.20. The molecule has 0 radical (unpaired) electrons. The van der Waals surface area contributed by atoms with Crippen LogP contribution in [0.15, 0.2) is 28.7 Å². The Morgan fingerprint density at radius 3 is 2.58 bits per heavy atom. The number of piperidine rings is 1. The lowest BCUT2D eigenvalue weighted by molar-refractivity contribution is 0.0662. The van der Waals surface area contributed by atoms with Crippen molar-refractivity contribution in [3.05, 3.63) is 34.3 Å². The Labute approximate surface area is 131 Å². The number of halogens is 2. The summed E-state index contributed by atoms with van der Waals surface area (Å²) in [6.45, 7) is 8.99. The molecule has 1 saturated heterocycles. The standard InChI is InChI=1S/C15H23BrN2.ClH/c1-11(12-6-4-5-7-13(12)16)18-9-8-14(17)15(2,3)10-18;/h4-7,11,14H,8-10,17H2,1-3H3;1H. The Bertz CT molecular complexity index is 422. The van der Waals surface area contributed by atoms with Crippen LogP contribution in [-0.2, 0) is 0 Å². The van der Waals surface area contributed by atoms with E-state index in [1.807, 2.05) is 0 Å². The summed E-state index contributed by atoms with van der Waals surface area (Å²) in [5.41, 5.74) is 7.77. The van der Waals surface area contributed by atoms with Gasteiger partial charge in [-0.05, 0) is 30.4 Å². The van der Waals surface area contributed by atoms with Crippen LogP contribution in [0, 0.1) is 5.41 Å². The number of nitrogens with two attached hydrogens (primary N) is 1. The monoisotopic (exact) mass is 346 g/mol. The Balaban J connectivity index is 0.00000180. The van der Waals surface area contributed by atoms with Gasteiger partial charge in [-0.1, -0.05) is 48.0 Å². The summed E-state index contributed by atoms with van der Waals surface area (Å²) in [4.78, 5) is 2.55. The van der Waals surface area contributed by atoms with Crippen LogP contribution in [0.4, 0.5) is 0 Å². The van der Waals surface area contributed by atoms with Gasteiger partial charge in [-0.3, -0.25) is 4.90 Å². The zero-order valence-corrected chi connectivity index (χ0v) is 14.3. The third-order valence-electron chi connectivity index (χ3n) is 4.24. The maximum absolute atomic E-state index is 6.21. The SMILES string of the molecule is CC(c1ccccc1Br)N1CCC(N)C(C)(C)C1.Cl.